The van der Waals surface area contributed by atoms with Crippen LogP contribution in [0.2, 0.25) is 0 Å². The third-order valence-electron chi connectivity index (χ3n) is 3.94. The number of piperidine rings is 1. The number of nitrogens with one attached hydrogen (secondary N) is 1. The molecule has 0 aliphatic carbocycles. The number of rotatable bonds is 4. The van der Waals surface area contributed by atoms with E-state index in [2.05, 4.69) is 17.1 Å². The largest absolute Gasteiger partial charge is 0.417 e. The van der Waals surface area contributed by atoms with Gasteiger partial charge in [-0.25, -0.2) is 0 Å². The quantitative estimate of drug-likeness (QED) is 0.925. The van der Waals surface area contributed by atoms with Crippen LogP contribution in [0.5, 0.6) is 0 Å². The first-order valence-corrected chi connectivity index (χ1v) is 7.61. The Labute approximate surface area is 128 Å². The smallest absolute Gasteiger partial charge is 0.349 e. The van der Waals surface area contributed by atoms with Gasteiger partial charge in [0.1, 0.15) is 0 Å². The Balaban J connectivity index is 1.99. The first-order chi connectivity index (χ1) is 10.4. The van der Waals surface area contributed by atoms with Crippen molar-refractivity contribution in [1.29, 1.82) is 0 Å². The topological polar surface area (TPSA) is 32.3 Å². The van der Waals surface area contributed by atoms with Crippen LogP contribution in [0, 0.1) is 0 Å². The fraction of sp³-hybridized carbons (Fsp3) is 0.562. The molecule has 0 saturated carbocycles. The minimum atomic E-state index is -4.52. The first-order valence-electron chi connectivity index (χ1n) is 7.61. The standard InChI is InChI=1S/C16H21F3N2O/c1-2-9-21-10-7-12(8-11-21)20-15(22)13-5-3-4-6-14(13)16(17,18)19/h3-6,12H,2,7-11H2,1H3,(H,20,22). The van der Waals surface area contributed by atoms with Gasteiger partial charge in [0.15, 0.2) is 0 Å². The Morgan fingerprint density at radius 3 is 2.50 bits per heavy atom. The van der Waals surface area contributed by atoms with Crippen molar-refractivity contribution < 1.29 is 18.0 Å². The summed E-state index contributed by atoms with van der Waals surface area (Å²) in [5, 5.41) is 2.74. The van der Waals surface area contributed by atoms with Crippen LogP contribution in [0.25, 0.3) is 0 Å². The van der Waals surface area contributed by atoms with E-state index in [0.717, 1.165) is 45.0 Å². The Hall–Kier alpha value is -1.56. The molecule has 6 heteroatoms. The van der Waals surface area contributed by atoms with Crippen LogP contribution in [-0.4, -0.2) is 36.5 Å². The summed E-state index contributed by atoms with van der Waals surface area (Å²) >= 11 is 0. The Kier molecular flexibility index (Phi) is 5.45. The summed E-state index contributed by atoms with van der Waals surface area (Å²) in [5.74, 6) is -0.637. The van der Waals surface area contributed by atoms with E-state index in [9.17, 15) is 18.0 Å². The van der Waals surface area contributed by atoms with Gasteiger partial charge in [0.05, 0.1) is 11.1 Å². The van der Waals surface area contributed by atoms with E-state index in [4.69, 9.17) is 0 Å². The normalized spacial score (nSPS) is 17.5. The highest BCUT2D eigenvalue weighted by atomic mass is 19.4. The van der Waals surface area contributed by atoms with Gasteiger partial charge < -0.3 is 10.2 Å². The molecular weight excluding hydrogens is 293 g/mol. The van der Waals surface area contributed by atoms with Crippen LogP contribution in [0.4, 0.5) is 13.2 Å². The van der Waals surface area contributed by atoms with Gasteiger partial charge in [0.2, 0.25) is 0 Å². The first kappa shape index (κ1) is 16.8. The van der Waals surface area contributed by atoms with Crippen molar-refractivity contribution >= 4 is 5.91 Å². The molecule has 3 nitrogen and oxygen atoms in total. The molecule has 2 rings (SSSR count). The Morgan fingerprint density at radius 1 is 1.27 bits per heavy atom. The summed E-state index contributed by atoms with van der Waals surface area (Å²) in [6.07, 6.45) is -1.88. The second-order valence-electron chi connectivity index (χ2n) is 5.63. The molecule has 1 N–H and O–H groups in total. The molecule has 1 heterocycles. The van der Waals surface area contributed by atoms with Crippen LogP contribution in [0.3, 0.4) is 0 Å². The maximum atomic E-state index is 12.9. The Morgan fingerprint density at radius 2 is 1.91 bits per heavy atom. The van der Waals surface area contributed by atoms with Crippen LogP contribution < -0.4 is 5.32 Å². The minimum absolute atomic E-state index is 0.0538. The molecule has 1 aromatic rings. The molecule has 1 saturated heterocycles. The lowest BCUT2D eigenvalue weighted by Gasteiger charge is -2.32. The van der Waals surface area contributed by atoms with E-state index in [1.165, 1.54) is 18.2 Å². The Bertz CT molecular complexity index is 508. The molecule has 1 aromatic carbocycles. The minimum Gasteiger partial charge on any atom is -0.349 e. The molecule has 122 valence electrons. The van der Waals surface area contributed by atoms with Gasteiger partial charge >= 0.3 is 6.18 Å². The number of nitrogens with zero attached hydrogens (tertiary/aromatic N) is 1. The van der Waals surface area contributed by atoms with Crippen molar-refractivity contribution in [2.75, 3.05) is 19.6 Å². The molecule has 0 bridgehead atoms. The number of carbonyl (C=O) groups is 1. The summed E-state index contributed by atoms with van der Waals surface area (Å²) in [4.78, 5) is 14.5. The van der Waals surface area contributed by atoms with Gasteiger partial charge in [-0.15, -0.1) is 0 Å². The summed E-state index contributed by atoms with van der Waals surface area (Å²) in [6, 6.07) is 4.86. The monoisotopic (exact) mass is 314 g/mol. The van der Waals surface area contributed by atoms with Crippen molar-refractivity contribution in [3.05, 3.63) is 35.4 Å². The van der Waals surface area contributed by atoms with E-state index in [1.54, 1.807) is 0 Å². The van der Waals surface area contributed by atoms with E-state index in [1.807, 2.05) is 0 Å². The van der Waals surface area contributed by atoms with Crippen LogP contribution >= 0.6 is 0 Å². The van der Waals surface area contributed by atoms with Crippen LogP contribution in [0.1, 0.15) is 42.1 Å². The highest BCUT2D eigenvalue weighted by Crippen LogP contribution is 2.31. The van der Waals surface area contributed by atoms with E-state index < -0.39 is 17.6 Å². The van der Waals surface area contributed by atoms with Crippen LogP contribution in [0.15, 0.2) is 24.3 Å². The van der Waals surface area contributed by atoms with E-state index >= 15 is 0 Å². The molecule has 0 spiro atoms. The molecule has 0 atom stereocenters. The number of alkyl halides is 3. The average Bonchev–Trinajstić information content (AvgIpc) is 2.48. The number of hydrogen-bond donors (Lipinski definition) is 1. The van der Waals surface area contributed by atoms with Crippen molar-refractivity contribution in [1.82, 2.24) is 10.2 Å². The number of benzene rings is 1. The van der Waals surface area contributed by atoms with Crippen molar-refractivity contribution in [2.45, 2.75) is 38.4 Å². The number of hydrogen-bond acceptors (Lipinski definition) is 2. The molecule has 1 aliphatic rings. The SMILES string of the molecule is CCCN1CCC(NC(=O)c2ccccc2C(F)(F)F)CC1. The molecule has 1 aliphatic heterocycles. The number of halogens is 3. The molecule has 0 unspecified atom stereocenters. The maximum absolute atomic E-state index is 12.9. The summed E-state index contributed by atoms with van der Waals surface area (Å²) < 4.78 is 38.8. The molecule has 0 radical (unpaired) electrons. The molecule has 1 amide bonds. The summed E-state index contributed by atoms with van der Waals surface area (Å²) in [7, 11) is 0. The lowest BCUT2D eigenvalue weighted by atomic mass is 10.0. The zero-order valence-electron chi connectivity index (χ0n) is 12.6. The van der Waals surface area contributed by atoms with Gasteiger partial charge in [-0.1, -0.05) is 19.1 Å². The lowest BCUT2D eigenvalue weighted by Crippen LogP contribution is -2.45. The van der Waals surface area contributed by atoms with Crippen molar-refractivity contribution in [3.8, 4) is 0 Å². The molecular formula is C16H21F3N2O. The number of carbonyl (C=O) groups excluding carboxylic acids is 1. The van der Waals surface area contributed by atoms with Crippen molar-refractivity contribution in [2.24, 2.45) is 0 Å². The molecule has 22 heavy (non-hydrogen) atoms. The predicted octanol–water partition coefficient (Wildman–Crippen LogP) is 3.31. The fourth-order valence-electron chi connectivity index (χ4n) is 2.81. The number of likely N-dealkylation sites (tertiary alicyclic amines) is 1. The zero-order chi connectivity index (χ0) is 16.2. The average molecular weight is 314 g/mol. The highest BCUT2D eigenvalue weighted by Gasteiger charge is 2.35. The van der Waals surface area contributed by atoms with Crippen LogP contribution in [-0.2, 0) is 6.18 Å². The zero-order valence-corrected chi connectivity index (χ0v) is 12.6. The maximum Gasteiger partial charge on any atom is 0.417 e. The number of amides is 1. The summed E-state index contributed by atoms with van der Waals surface area (Å²) in [6.45, 7) is 4.89. The van der Waals surface area contributed by atoms with Gasteiger partial charge in [-0.2, -0.15) is 13.2 Å². The van der Waals surface area contributed by atoms with E-state index in [-0.39, 0.29) is 11.6 Å². The third kappa shape index (κ3) is 4.22. The van der Waals surface area contributed by atoms with Crippen molar-refractivity contribution in [3.63, 3.8) is 0 Å². The van der Waals surface area contributed by atoms with Gasteiger partial charge in [-0.05, 0) is 37.9 Å². The van der Waals surface area contributed by atoms with Gasteiger partial charge in [0.25, 0.3) is 5.91 Å². The second-order valence-corrected chi connectivity index (χ2v) is 5.63. The second kappa shape index (κ2) is 7.13. The van der Waals surface area contributed by atoms with Gasteiger partial charge in [0, 0.05) is 19.1 Å². The molecule has 1 fully saturated rings. The highest BCUT2D eigenvalue weighted by molar-refractivity contribution is 5.96. The van der Waals surface area contributed by atoms with E-state index in [0.29, 0.717) is 0 Å². The fourth-order valence-corrected chi connectivity index (χ4v) is 2.81. The predicted molar refractivity (Wildman–Crippen MR) is 78.7 cm³/mol. The molecule has 0 aromatic heterocycles. The summed E-state index contributed by atoms with van der Waals surface area (Å²) in [5.41, 5.74) is -1.18. The lowest BCUT2D eigenvalue weighted by molar-refractivity contribution is -0.137. The van der Waals surface area contributed by atoms with Gasteiger partial charge in [-0.3, -0.25) is 4.79 Å². The third-order valence-corrected chi connectivity index (χ3v) is 3.94.